The summed E-state index contributed by atoms with van der Waals surface area (Å²) in [5, 5.41) is 2.60. The van der Waals surface area contributed by atoms with Crippen LogP contribution in [0, 0.1) is 25.5 Å². The van der Waals surface area contributed by atoms with Gasteiger partial charge in [-0.15, -0.1) is 0 Å². The van der Waals surface area contributed by atoms with Crippen LogP contribution in [-0.4, -0.2) is 5.91 Å². The highest BCUT2D eigenvalue weighted by Crippen LogP contribution is 2.26. The number of hydrogen-bond donors (Lipinski definition) is 1. The average molecular weight is 419 g/mol. The lowest BCUT2D eigenvalue weighted by molar-refractivity contribution is 0.102. The Bertz CT molecular complexity index is 732. The molecule has 0 saturated heterocycles. The van der Waals surface area contributed by atoms with Crippen molar-refractivity contribution in [3.8, 4) is 0 Å². The number of amides is 1. The normalized spacial score (nSPS) is 10.6. The Morgan fingerprint density at radius 1 is 0.952 bits per heavy atom. The summed E-state index contributed by atoms with van der Waals surface area (Å²) in [5.74, 6) is -1.48. The number of anilines is 1. The van der Waals surface area contributed by atoms with E-state index in [1.165, 1.54) is 12.1 Å². The summed E-state index contributed by atoms with van der Waals surface area (Å²) in [4.78, 5) is 12.2. The van der Waals surface area contributed by atoms with Crippen LogP contribution in [0.15, 0.2) is 33.2 Å². The van der Waals surface area contributed by atoms with E-state index in [2.05, 4.69) is 37.2 Å². The molecule has 1 amide bonds. The molecule has 6 heteroatoms. The summed E-state index contributed by atoms with van der Waals surface area (Å²) in [6.07, 6.45) is 0. The molecule has 0 saturated carbocycles. The Balaban J connectivity index is 2.35. The van der Waals surface area contributed by atoms with Crippen LogP contribution in [0.4, 0.5) is 14.5 Å². The predicted molar refractivity (Wildman–Crippen MR) is 85.6 cm³/mol. The SMILES string of the molecule is Cc1cc(Br)c(F)cc1NC(=O)c1cc(F)c(Br)cc1C. The largest absolute Gasteiger partial charge is 0.322 e. The minimum Gasteiger partial charge on any atom is -0.322 e. The first-order valence-corrected chi connectivity index (χ1v) is 7.61. The number of nitrogens with one attached hydrogen (secondary N) is 1. The lowest BCUT2D eigenvalue weighted by Crippen LogP contribution is -2.15. The summed E-state index contributed by atoms with van der Waals surface area (Å²) in [5.41, 5.74) is 1.88. The molecule has 0 fully saturated rings. The molecule has 0 bridgehead atoms. The first-order valence-electron chi connectivity index (χ1n) is 6.02. The molecule has 2 aromatic carbocycles. The fourth-order valence-electron chi connectivity index (χ4n) is 1.86. The summed E-state index contributed by atoms with van der Waals surface area (Å²) in [6.45, 7) is 3.45. The zero-order valence-electron chi connectivity index (χ0n) is 11.2. The smallest absolute Gasteiger partial charge is 0.256 e. The van der Waals surface area contributed by atoms with Gasteiger partial charge in [0.05, 0.1) is 8.95 Å². The van der Waals surface area contributed by atoms with Crippen LogP contribution < -0.4 is 5.32 Å². The molecule has 0 radical (unpaired) electrons. The van der Waals surface area contributed by atoms with E-state index in [1.54, 1.807) is 19.9 Å². The van der Waals surface area contributed by atoms with Crippen molar-refractivity contribution < 1.29 is 13.6 Å². The highest BCUT2D eigenvalue weighted by atomic mass is 79.9. The van der Waals surface area contributed by atoms with E-state index in [9.17, 15) is 13.6 Å². The molecular weight excluding hydrogens is 408 g/mol. The Morgan fingerprint density at radius 3 is 2.10 bits per heavy atom. The maximum Gasteiger partial charge on any atom is 0.256 e. The van der Waals surface area contributed by atoms with E-state index in [1.807, 2.05) is 0 Å². The Morgan fingerprint density at radius 2 is 1.48 bits per heavy atom. The highest BCUT2D eigenvalue weighted by Gasteiger charge is 2.14. The molecule has 21 heavy (non-hydrogen) atoms. The molecule has 2 nitrogen and oxygen atoms in total. The van der Waals surface area contributed by atoms with E-state index >= 15 is 0 Å². The van der Waals surface area contributed by atoms with Gasteiger partial charge in [0.25, 0.3) is 5.91 Å². The van der Waals surface area contributed by atoms with Gasteiger partial charge < -0.3 is 5.32 Å². The first-order chi connectivity index (χ1) is 9.79. The van der Waals surface area contributed by atoms with Crippen LogP contribution in [0.5, 0.6) is 0 Å². The molecule has 0 heterocycles. The standard InChI is InChI=1S/C15H11Br2F2NO/c1-7-3-10(16)12(18)5-9(7)15(21)20-14-6-13(19)11(17)4-8(14)2/h3-6H,1-2H3,(H,20,21). The van der Waals surface area contributed by atoms with Crippen LogP contribution >= 0.6 is 31.9 Å². The van der Waals surface area contributed by atoms with Crippen molar-refractivity contribution in [2.24, 2.45) is 0 Å². The van der Waals surface area contributed by atoms with Crippen molar-refractivity contribution in [3.05, 3.63) is 61.5 Å². The topological polar surface area (TPSA) is 29.1 Å². The fourth-order valence-corrected chi connectivity index (χ4v) is 2.78. The van der Waals surface area contributed by atoms with Gasteiger partial charge in [0.2, 0.25) is 0 Å². The van der Waals surface area contributed by atoms with E-state index in [4.69, 9.17) is 0 Å². The van der Waals surface area contributed by atoms with Crippen molar-refractivity contribution >= 4 is 43.5 Å². The molecule has 0 aliphatic heterocycles. The van der Waals surface area contributed by atoms with Crippen LogP contribution in [0.3, 0.4) is 0 Å². The number of benzene rings is 2. The van der Waals surface area contributed by atoms with E-state index in [0.29, 0.717) is 25.8 Å². The third-order valence-electron chi connectivity index (χ3n) is 3.03. The minimum atomic E-state index is -0.524. The summed E-state index contributed by atoms with van der Waals surface area (Å²) in [6, 6.07) is 5.47. The van der Waals surface area contributed by atoms with Gasteiger partial charge >= 0.3 is 0 Å². The van der Waals surface area contributed by atoms with Crippen LogP contribution in [0.25, 0.3) is 0 Å². The monoisotopic (exact) mass is 417 g/mol. The molecule has 0 aromatic heterocycles. The Hall–Kier alpha value is -1.27. The zero-order valence-corrected chi connectivity index (χ0v) is 14.4. The molecule has 0 atom stereocenters. The Kier molecular flexibility index (Phi) is 4.78. The third kappa shape index (κ3) is 3.49. The number of rotatable bonds is 2. The molecular formula is C15H11Br2F2NO. The average Bonchev–Trinajstić information content (AvgIpc) is 2.40. The van der Waals surface area contributed by atoms with Crippen molar-refractivity contribution in [2.45, 2.75) is 13.8 Å². The summed E-state index contributed by atoms with van der Waals surface area (Å²) >= 11 is 6.14. The van der Waals surface area contributed by atoms with Crippen LogP contribution in [0.2, 0.25) is 0 Å². The van der Waals surface area contributed by atoms with Crippen molar-refractivity contribution in [2.75, 3.05) is 5.32 Å². The lowest BCUT2D eigenvalue weighted by atomic mass is 10.1. The minimum absolute atomic E-state index is 0.207. The van der Waals surface area contributed by atoms with Gasteiger partial charge in [-0.2, -0.15) is 0 Å². The molecule has 1 N–H and O–H groups in total. The lowest BCUT2D eigenvalue weighted by Gasteiger charge is -2.11. The maximum absolute atomic E-state index is 13.6. The van der Waals surface area contributed by atoms with Gasteiger partial charge in [0.15, 0.2) is 0 Å². The quantitative estimate of drug-likeness (QED) is 0.698. The molecule has 0 aliphatic rings. The molecule has 110 valence electrons. The molecule has 2 rings (SSSR count). The van der Waals surface area contributed by atoms with Gasteiger partial charge in [0, 0.05) is 11.3 Å². The van der Waals surface area contributed by atoms with Crippen molar-refractivity contribution in [3.63, 3.8) is 0 Å². The molecule has 0 aliphatic carbocycles. The second kappa shape index (κ2) is 6.23. The van der Waals surface area contributed by atoms with Gasteiger partial charge in [0.1, 0.15) is 11.6 Å². The predicted octanol–water partition coefficient (Wildman–Crippen LogP) is 5.36. The first kappa shape index (κ1) is 16.1. The number of aryl methyl sites for hydroxylation is 2. The van der Waals surface area contributed by atoms with E-state index in [-0.39, 0.29) is 5.56 Å². The van der Waals surface area contributed by atoms with Gasteiger partial charge in [-0.3, -0.25) is 4.79 Å². The van der Waals surface area contributed by atoms with Gasteiger partial charge in [-0.1, -0.05) is 0 Å². The molecule has 0 spiro atoms. The zero-order chi connectivity index (χ0) is 15.7. The molecule has 2 aromatic rings. The van der Waals surface area contributed by atoms with E-state index in [0.717, 1.165) is 6.07 Å². The maximum atomic E-state index is 13.6. The third-order valence-corrected chi connectivity index (χ3v) is 4.24. The van der Waals surface area contributed by atoms with Gasteiger partial charge in [-0.25, -0.2) is 8.78 Å². The molecule has 0 unspecified atom stereocenters. The Labute approximate surface area is 137 Å². The van der Waals surface area contributed by atoms with Crippen molar-refractivity contribution in [1.29, 1.82) is 0 Å². The van der Waals surface area contributed by atoms with Crippen molar-refractivity contribution in [1.82, 2.24) is 0 Å². The number of halogens is 4. The highest BCUT2D eigenvalue weighted by molar-refractivity contribution is 9.10. The number of hydrogen-bond acceptors (Lipinski definition) is 1. The van der Waals surface area contributed by atoms with Crippen LogP contribution in [0.1, 0.15) is 21.5 Å². The van der Waals surface area contributed by atoms with E-state index < -0.39 is 17.5 Å². The van der Waals surface area contributed by atoms with Gasteiger partial charge in [-0.05, 0) is 81.1 Å². The number of carbonyl (C=O) groups is 1. The van der Waals surface area contributed by atoms with Crippen LogP contribution in [-0.2, 0) is 0 Å². The number of carbonyl (C=O) groups excluding carboxylic acids is 1. The second-order valence-corrected chi connectivity index (χ2v) is 6.33. The summed E-state index contributed by atoms with van der Waals surface area (Å²) < 4.78 is 27.7. The fraction of sp³-hybridized carbons (Fsp3) is 0.133. The summed E-state index contributed by atoms with van der Waals surface area (Å²) in [7, 11) is 0. The second-order valence-electron chi connectivity index (χ2n) is 4.62.